The zero-order valence-electron chi connectivity index (χ0n) is 9.71. The Morgan fingerprint density at radius 2 is 0.636 bits per heavy atom. The van der Waals surface area contributed by atoms with Gasteiger partial charge in [0.2, 0.25) is 0 Å². The Hall–Kier alpha value is 0.987. The number of alkyl halides is 8. The zero-order valence-corrected chi connectivity index (χ0v) is 17.2. The molecule has 0 saturated heterocycles. The third-order valence-electron chi connectivity index (χ3n) is 1.66. The summed E-state index contributed by atoms with van der Waals surface area (Å²) in [6.07, 6.45) is -9.25. The molecule has 0 aromatic heterocycles. The molecule has 0 aromatic rings. The maximum absolute atomic E-state index is 12.3. The first-order valence-electron chi connectivity index (χ1n) is 4.05. The summed E-state index contributed by atoms with van der Waals surface area (Å²) in [6.45, 7) is 0. The third-order valence-corrected chi connectivity index (χ3v) is 1.66. The normalized spacial score (nSPS) is 13.5. The van der Waals surface area contributed by atoms with Crippen LogP contribution in [-0.4, -0.2) is 23.7 Å². The fraction of sp³-hybridized carbons (Fsp3) is 0.667. The second kappa shape index (κ2) is 10.1. The molecule has 16 heteroatoms. The summed E-state index contributed by atoms with van der Waals surface area (Å²) in [5.74, 6) is -28.9. The zero-order chi connectivity index (χ0) is 19.2. The molecule has 0 aliphatic heterocycles. The Labute approximate surface area is 143 Å². The van der Waals surface area contributed by atoms with Crippen LogP contribution in [0.25, 0.3) is 0 Å². The Morgan fingerprint density at radius 3 is 0.727 bits per heavy atom. The van der Waals surface area contributed by atoms with E-state index in [0.717, 1.165) is 34.6 Å². The molecule has 0 aliphatic carbocycles. The summed E-state index contributed by atoms with van der Waals surface area (Å²) >= 11 is 1.69. The molecule has 0 spiro atoms. The van der Waals surface area contributed by atoms with Crippen LogP contribution in [0.5, 0.6) is 0 Å². The van der Waals surface area contributed by atoms with Gasteiger partial charge < -0.3 is 17.6 Å². The van der Waals surface area contributed by atoms with Crippen molar-refractivity contribution in [1.29, 1.82) is 0 Å². The van der Waals surface area contributed by atoms with Crippen molar-refractivity contribution in [3.05, 3.63) is 12.9 Å². The van der Waals surface area contributed by atoms with Crippen molar-refractivity contribution >= 4 is 19.4 Å². The third kappa shape index (κ3) is 5.24. The first-order valence-corrected chi connectivity index (χ1v) is 11.9. The molecule has 0 bridgehead atoms. The van der Waals surface area contributed by atoms with Crippen molar-refractivity contribution in [2.75, 3.05) is 0 Å². The summed E-state index contributed by atoms with van der Waals surface area (Å²) in [4.78, 5) is 0. The average molecular weight is 502 g/mol. The first kappa shape index (κ1) is 27.8. The van der Waals surface area contributed by atoms with Crippen molar-refractivity contribution in [2.24, 2.45) is 0 Å². The predicted molar refractivity (Wildman–Crippen MR) is 42.4 cm³/mol. The van der Waals surface area contributed by atoms with E-state index in [-0.39, 0.29) is 0 Å². The van der Waals surface area contributed by atoms with Crippen LogP contribution in [0.2, 0.25) is 0 Å². The van der Waals surface area contributed by atoms with Crippen LogP contribution in [0.1, 0.15) is 0 Å². The number of halogens is 14. The summed E-state index contributed by atoms with van der Waals surface area (Å²) in [5.41, 5.74) is 0. The molecular formula is C6Cl2F12Zn2. The summed E-state index contributed by atoms with van der Waals surface area (Å²) in [5, 5.41) is 0. The quantitative estimate of drug-likeness (QED) is 0.255. The Kier molecular flexibility index (Phi) is 12.8. The van der Waals surface area contributed by atoms with Crippen molar-refractivity contribution < 1.29 is 87.3 Å². The molecule has 0 unspecified atom stereocenters. The van der Waals surface area contributed by atoms with E-state index in [0.29, 0.717) is 0 Å². The van der Waals surface area contributed by atoms with Gasteiger partial charge in [-0.1, -0.05) is 0 Å². The topological polar surface area (TPSA) is 0 Å². The summed E-state index contributed by atoms with van der Waals surface area (Å²) < 4.78 is 142. The van der Waals surface area contributed by atoms with Crippen molar-refractivity contribution in [3.63, 3.8) is 0 Å². The first-order chi connectivity index (χ1) is 9.64. The Morgan fingerprint density at radius 1 is 0.500 bits per heavy atom. The van der Waals surface area contributed by atoms with Crippen LogP contribution in [0.15, 0.2) is 0 Å². The molecule has 0 rings (SSSR count). The molecule has 0 aromatic carbocycles. The molecule has 22 heavy (non-hydrogen) atoms. The molecular weight excluding hydrogens is 502 g/mol. The summed E-state index contributed by atoms with van der Waals surface area (Å²) in [6, 6.07) is 0. The van der Waals surface area contributed by atoms with E-state index in [1.807, 2.05) is 0 Å². The maximum atomic E-state index is 12.3. The fourth-order valence-electron chi connectivity index (χ4n) is 0.632. The van der Waals surface area contributed by atoms with Gasteiger partial charge in [-0.05, 0) is 0 Å². The van der Waals surface area contributed by atoms with Gasteiger partial charge in [0.05, 0.1) is 12.9 Å². The molecule has 0 nitrogen and oxygen atoms in total. The monoisotopic (exact) mass is 498 g/mol. The van der Waals surface area contributed by atoms with Gasteiger partial charge in [-0.25, -0.2) is 17.6 Å². The number of hydrogen-bond acceptors (Lipinski definition) is 0. The Balaban J connectivity index is -0.000000826. The molecule has 0 N–H and O–H groups in total. The van der Waals surface area contributed by atoms with Gasteiger partial charge in [-0.3, -0.25) is 0 Å². The van der Waals surface area contributed by atoms with Gasteiger partial charge in [0.1, 0.15) is 0 Å². The van der Waals surface area contributed by atoms with Crippen LogP contribution in [0, 0.1) is 12.9 Å². The molecule has 126 valence electrons. The van der Waals surface area contributed by atoms with Crippen LogP contribution in [-0.2, 0) is 34.6 Å². The molecule has 0 amide bonds. The van der Waals surface area contributed by atoms with E-state index in [9.17, 15) is 52.7 Å². The predicted octanol–water partition coefficient (Wildman–Crippen LogP) is 5.76. The number of rotatable bonds is 5. The van der Waals surface area contributed by atoms with Crippen LogP contribution in [0.3, 0.4) is 0 Å². The van der Waals surface area contributed by atoms with E-state index in [1.165, 1.54) is 0 Å². The summed E-state index contributed by atoms with van der Waals surface area (Å²) in [7, 11) is 9.53. The Bertz CT molecular complexity index is 280. The standard InChI is InChI=1S/C6F12.2ClH.2Zn/c7-1(8)3(11,12)5(15,16)6(17,18)4(13,14)2(9)10;;;;/h;2*1H;;/q-2;;;2*+2/p-2. The second-order valence-electron chi connectivity index (χ2n) is 2.82. The van der Waals surface area contributed by atoms with Gasteiger partial charge in [0, 0.05) is 0 Å². The van der Waals surface area contributed by atoms with E-state index in [2.05, 4.69) is 0 Å². The van der Waals surface area contributed by atoms with E-state index < -0.39 is 36.5 Å². The van der Waals surface area contributed by atoms with E-state index >= 15 is 0 Å². The molecule has 0 heterocycles. The van der Waals surface area contributed by atoms with E-state index in [1.54, 1.807) is 0 Å². The average Bonchev–Trinajstić information content (AvgIpc) is 2.42. The van der Waals surface area contributed by atoms with Gasteiger partial charge in [0.25, 0.3) is 11.8 Å². The minimum atomic E-state index is -7.42. The molecule has 0 saturated carbocycles. The van der Waals surface area contributed by atoms with Crippen molar-refractivity contribution in [1.82, 2.24) is 0 Å². The van der Waals surface area contributed by atoms with Gasteiger partial charge in [-0.15, -0.1) is 0 Å². The fourth-order valence-corrected chi connectivity index (χ4v) is 0.632. The van der Waals surface area contributed by atoms with Gasteiger partial charge in [-0.2, -0.15) is 17.6 Å². The van der Waals surface area contributed by atoms with Gasteiger partial charge >= 0.3 is 65.9 Å². The van der Waals surface area contributed by atoms with Gasteiger partial charge in [0.15, 0.2) is 0 Å². The van der Waals surface area contributed by atoms with E-state index in [4.69, 9.17) is 19.4 Å². The molecule has 0 radical (unpaired) electrons. The molecule has 0 atom stereocenters. The van der Waals surface area contributed by atoms with Crippen molar-refractivity contribution in [3.8, 4) is 0 Å². The molecule has 0 fully saturated rings. The SMILES string of the molecule is F[C-](F)C(F)(F)C(F)(F)C(F)(F)C(F)(F)[C-](F)F.[Cl][Zn+].[Cl][Zn+]. The molecule has 0 aliphatic rings. The minimum absolute atomic E-state index is 0.847. The second-order valence-corrected chi connectivity index (χ2v) is 2.82. The number of hydrogen-bond donors (Lipinski definition) is 0. The van der Waals surface area contributed by atoms with Crippen LogP contribution < -0.4 is 0 Å². The van der Waals surface area contributed by atoms with Crippen molar-refractivity contribution in [2.45, 2.75) is 23.7 Å². The van der Waals surface area contributed by atoms with Crippen LogP contribution in [0.4, 0.5) is 52.7 Å². The van der Waals surface area contributed by atoms with Crippen LogP contribution >= 0.6 is 19.4 Å².